The monoisotopic (exact) mass is 288 g/mol. The van der Waals surface area contributed by atoms with Gasteiger partial charge in [-0.3, -0.25) is 0 Å². The Morgan fingerprint density at radius 3 is 2.29 bits per heavy atom. The van der Waals surface area contributed by atoms with Crippen LogP contribution < -0.4 is 9.47 Å². The molecule has 0 fully saturated rings. The molecule has 1 aromatic rings. The average molecular weight is 288 g/mol. The average Bonchev–Trinajstić information content (AvgIpc) is 2.46. The van der Waals surface area contributed by atoms with Gasteiger partial charge in [0.05, 0.1) is 14.2 Å². The molecule has 21 heavy (non-hydrogen) atoms. The molecule has 0 amide bonds. The molecule has 1 rings (SSSR count). The van der Waals surface area contributed by atoms with Crippen molar-refractivity contribution in [3.63, 3.8) is 0 Å². The summed E-state index contributed by atoms with van der Waals surface area (Å²) in [6.07, 6.45) is 9.02. The highest BCUT2D eigenvalue weighted by Crippen LogP contribution is 2.28. The first kappa shape index (κ1) is 17.4. The molecule has 0 spiro atoms. The third-order valence-corrected chi connectivity index (χ3v) is 3.47. The highest BCUT2D eigenvalue weighted by atomic mass is 16.5. The Morgan fingerprint density at radius 2 is 1.67 bits per heavy atom. The summed E-state index contributed by atoms with van der Waals surface area (Å²) in [5, 5.41) is 0. The third-order valence-electron chi connectivity index (χ3n) is 3.47. The van der Waals surface area contributed by atoms with Crippen LogP contribution in [0.25, 0.3) is 0 Å². The standard InChI is InChI=1S/C19H28O2/c1-15(2)8-6-9-16(3)10-7-11-17-12-13-18(20-4)19(14-17)21-5/h8,10,12-14H,6-7,9,11H2,1-5H3/b16-10+. The number of hydrogen-bond donors (Lipinski definition) is 0. The summed E-state index contributed by atoms with van der Waals surface area (Å²) in [5.41, 5.74) is 4.14. The van der Waals surface area contributed by atoms with E-state index >= 15 is 0 Å². The highest BCUT2D eigenvalue weighted by Gasteiger charge is 2.03. The van der Waals surface area contributed by atoms with Crippen LogP contribution in [0.3, 0.4) is 0 Å². The molecule has 0 heterocycles. The van der Waals surface area contributed by atoms with Crippen molar-refractivity contribution in [3.8, 4) is 11.5 Å². The maximum Gasteiger partial charge on any atom is 0.160 e. The van der Waals surface area contributed by atoms with E-state index in [-0.39, 0.29) is 0 Å². The Labute approximate surface area is 129 Å². The second kappa shape index (κ2) is 9.28. The maximum atomic E-state index is 5.33. The van der Waals surface area contributed by atoms with Crippen molar-refractivity contribution < 1.29 is 9.47 Å². The van der Waals surface area contributed by atoms with Crippen LogP contribution in [0.15, 0.2) is 41.5 Å². The van der Waals surface area contributed by atoms with Crippen LogP contribution in [0.5, 0.6) is 11.5 Å². The number of methoxy groups -OCH3 is 2. The molecule has 0 bridgehead atoms. The Balaban J connectivity index is 2.49. The lowest BCUT2D eigenvalue weighted by Gasteiger charge is -2.09. The predicted octanol–water partition coefficient (Wildman–Crippen LogP) is 5.33. The molecule has 0 atom stereocenters. The molecule has 0 unspecified atom stereocenters. The summed E-state index contributed by atoms with van der Waals surface area (Å²) in [5.74, 6) is 1.59. The van der Waals surface area contributed by atoms with E-state index in [0.717, 1.165) is 37.2 Å². The number of ether oxygens (including phenoxy) is 2. The molecule has 0 radical (unpaired) electrons. The maximum absolute atomic E-state index is 5.33. The Kier molecular flexibility index (Phi) is 7.66. The lowest BCUT2D eigenvalue weighted by atomic mass is 10.1. The Bertz CT molecular complexity index is 494. The minimum absolute atomic E-state index is 0.787. The van der Waals surface area contributed by atoms with Crippen molar-refractivity contribution in [2.75, 3.05) is 14.2 Å². The summed E-state index contributed by atoms with van der Waals surface area (Å²) in [4.78, 5) is 0. The van der Waals surface area contributed by atoms with Gasteiger partial charge in [-0.25, -0.2) is 0 Å². The second-order valence-electron chi connectivity index (χ2n) is 5.60. The van der Waals surface area contributed by atoms with Gasteiger partial charge in [0.1, 0.15) is 0 Å². The fraction of sp³-hybridized carbons (Fsp3) is 0.474. The zero-order valence-electron chi connectivity index (χ0n) is 14.0. The number of aryl methyl sites for hydroxylation is 1. The molecule has 0 aliphatic rings. The molecule has 0 saturated heterocycles. The zero-order chi connectivity index (χ0) is 15.7. The first-order valence-corrected chi connectivity index (χ1v) is 7.56. The van der Waals surface area contributed by atoms with Crippen LogP contribution >= 0.6 is 0 Å². The van der Waals surface area contributed by atoms with Crippen molar-refractivity contribution in [1.82, 2.24) is 0 Å². The van der Waals surface area contributed by atoms with Gasteiger partial charge in [0, 0.05) is 0 Å². The molecule has 0 saturated carbocycles. The fourth-order valence-electron chi connectivity index (χ4n) is 2.21. The summed E-state index contributed by atoms with van der Waals surface area (Å²) < 4.78 is 10.6. The molecule has 0 aliphatic heterocycles. The number of rotatable bonds is 8. The molecule has 1 aromatic carbocycles. The van der Waals surface area contributed by atoms with E-state index in [1.165, 1.54) is 16.7 Å². The molecule has 0 N–H and O–H groups in total. The van der Waals surface area contributed by atoms with Crippen LogP contribution in [0.1, 0.15) is 45.6 Å². The van der Waals surface area contributed by atoms with Crippen LogP contribution in [0, 0.1) is 0 Å². The molecule has 2 heteroatoms. The Hall–Kier alpha value is -1.70. The van der Waals surface area contributed by atoms with Gasteiger partial charge < -0.3 is 9.47 Å². The molecule has 2 nitrogen and oxygen atoms in total. The first-order valence-electron chi connectivity index (χ1n) is 7.56. The number of hydrogen-bond acceptors (Lipinski definition) is 2. The first-order chi connectivity index (χ1) is 10.1. The van der Waals surface area contributed by atoms with Gasteiger partial charge in [-0.1, -0.05) is 29.4 Å². The van der Waals surface area contributed by atoms with E-state index in [9.17, 15) is 0 Å². The van der Waals surface area contributed by atoms with E-state index < -0.39 is 0 Å². The van der Waals surface area contributed by atoms with Crippen molar-refractivity contribution in [2.24, 2.45) is 0 Å². The van der Waals surface area contributed by atoms with Gasteiger partial charge in [0.2, 0.25) is 0 Å². The minimum Gasteiger partial charge on any atom is -0.493 e. The van der Waals surface area contributed by atoms with E-state index in [4.69, 9.17) is 9.47 Å². The summed E-state index contributed by atoms with van der Waals surface area (Å²) in [7, 11) is 3.34. The molecular formula is C19H28O2. The van der Waals surface area contributed by atoms with Crippen LogP contribution in [-0.2, 0) is 6.42 Å². The quantitative estimate of drug-likeness (QED) is 0.602. The van der Waals surface area contributed by atoms with Gasteiger partial charge in [-0.2, -0.15) is 0 Å². The highest BCUT2D eigenvalue weighted by molar-refractivity contribution is 5.42. The van der Waals surface area contributed by atoms with Gasteiger partial charge >= 0.3 is 0 Å². The van der Waals surface area contributed by atoms with Crippen LogP contribution in [0.2, 0.25) is 0 Å². The SMILES string of the molecule is COc1ccc(CC/C=C(\C)CCC=C(C)C)cc1OC. The molecular weight excluding hydrogens is 260 g/mol. The zero-order valence-corrected chi connectivity index (χ0v) is 14.0. The molecule has 0 aromatic heterocycles. The van der Waals surface area contributed by atoms with Gasteiger partial charge in [-0.15, -0.1) is 0 Å². The summed E-state index contributed by atoms with van der Waals surface area (Å²) in [6.45, 7) is 6.51. The normalized spacial score (nSPS) is 11.2. The third kappa shape index (κ3) is 6.52. The lowest BCUT2D eigenvalue weighted by Crippen LogP contribution is -1.92. The van der Waals surface area contributed by atoms with Crippen molar-refractivity contribution in [3.05, 3.63) is 47.1 Å². The summed E-state index contributed by atoms with van der Waals surface area (Å²) >= 11 is 0. The largest absolute Gasteiger partial charge is 0.493 e. The molecule has 0 aliphatic carbocycles. The van der Waals surface area contributed by atoms with E-state index in [1.54, 1.807) is 14.2 Å². The van der Waals surface area contributed by atoms with Crippen molar-refractivity contribution in [2.45, 2.75) is 46.5 Å². The van der Waals surface area contributed by atoms with Crippen LogP contribution in [-0.4, -0.2) is 14.2 Å². The van der Waals surface area contributed by atoms with Crippen LogP contribution in [0.4, 0.5) is 0 Å². The minimum atomic E-state index is 0.787. The van der Waals surface area contributed by atoms with Gasteiger partial charge in [0.25, 0.3) is 0 Å². The fourth-order valence-corrected chi connectivity index (χ4v) is 2.21. The second-order valence-corrected chi connectivity index (χ2v) is 5.60. The van der Waals surface area contributed by atoms with E-state index in [0.29, 0.717) is 0 Å². The number of benzene rings is 1. The predicted molar refractivity (Wildman–Crippen MR) is 90.3 cm³/mol. The van der Waals surface area contributed by atoms with Gasteiger partial charge in [0.15, 0.2) is 11.5 Å². The molecule has 116 valence electrons. The van der Waals surface area contributed by atoms with E-state index in [2.05, 4.69) is 45.1 Å². The topological polar surface area (TPSA) is 18.5 Å². The summed E-state index contributed by atoms with van der Waals surface area (Å²) in [6, 6.07) is 6.14. The van der Waals surface area contributed by atoms with Crippen molar-refractivity contribution >= 4 is 0 Å². The smallest absolute Gasteiger partial charge is 0.160 e. The Morgan fingerprint density at radius 1 is 0.952 bits per heavy atom. The van der Waals surface area contributed by atoms with Crippen molar-refractivity contribution in [1.29, 1.82) is 0 Å². The lowest BCUT2D eigenvalue weighted by molar-refractivity contribution is 0.354. The van der Waals surface area contributed by atoms with E-state index in [1.807, 2.05) is 6.07 Å². The number of allylic oxidation sites excluding steroid dienone is 4. The van der Waals surface area contributed by atoms with Gasteiger partial charge in [-0.05, 0) is 64.2 Å².